The monoisotopic (exact) mass is 1140 g/mol. The predicted molar refractivity (Wildman–Crippen MR) is 286 cm³/mol. The zero-order valence-electron chi connectivity index (χ0n) is 40.0. The van der Waals surface area contributed by atoms with Crippen LogP contribution in [0.1, 0.15) is 37.4 Å². The van der Waals surface area contributed by atoms with Crippen LogP contribution >= 0.6 is 58.0 Å². The predicted octanol–water partition coefficient (Wildman–Crippen LogP) is 17.8. The van der Waals surface area contributed by atoms with Gasteiger partial charge in [0.1, 0.15) is 22.9 Å². The Hall–Kier alpha value is -7.09. The summed E-state index contributed by atoms with van der Waals surface area (Å²) in [6, 6.07) is 29.8. The Morgan fingerprint density at radius 3 is 1.33 bits per heavy atom. The van der Waals surface area contributed by atoms with Gasteiger partial charge in [-0.3, -0.25) is 9.59 Å². The van der Waals surface area contributed by atoms with Crippen molar-refractivity contribution in [1.29, 1.82) is 0 Å². The molecule has 2 N–H and O–H groups in total. The molecule has 7 aromatic rings. The highest BCUT2D eigenvalue weighted by Crippen LogP contribution is 2.40. The molecule has 0 heterocycles. The topological polar surface area (TPSA) is 133 Å². The average molecular weight is 1150 g/mol. The van der Waals surface area contributed by atoms with Crippen LogP contribution in [0, 0.1) is 6.92 Å². The Kier molecular flexibility index (Phi) is 18.4. The van der Waals surface area contributed by atoms with Gasteiger partial charge >= 0.3 is 12.4 Å². The molecule has 23 heteroatoms. The molecule has 0 aliphatic heterocycles. The second-order valence-corrected chi connectivity index (χ2v) is 18.7. The van der Waals surface area contributed by atoms with E-state index in [-0.39, 0.29) is 80.0 Å². The number of hydrogen-bond donors (Lipinski definition) is 2. The van der Waals surface area contributed by atoms with Crippen molar-refractivity contribution < 1.29 is 45.4 Å². The van der Waals surface area contributed by atoms with E-state index < -0.39 is 35.3 Å². The van der Waals surface area contributed by atoms with Crippen LogP contribution in [0.2, 0.25) is 25.1 Å². The van der Waals surface area contributed by atoms with E-state index in [9.17, 15) is 35.9 Å². The fourth-order valence-electron chi connectivity index (χ4n) is 7.14. The number of aryl methyl sites for hydroxylation is 1. The SMILES string of the molecule is Cc1cc(N(C)CCN=Nc2cc(C(=O)Nc3cc(C(F)(F)F)ccc3Oc3ccc(Cl)cc3)ccc2Cl)c(Cl)cc1N(C)CCN=Nc1cc(C(=O)Nc2cc(C(F)(F)F)ccc2Oc2ccc(Cl)cc2)ccc1Cl. The van der Waals surface area contributed by atoms with Crippen LogP contribution in [0.4, 0.5) is 60.5 Å². The van der Waals surface area contributed by atoms with Gasteiger partial charge in [0.25, 0.3) is 11.8 Å². The summed E-state index contributed by atoms with van der Waals surface area (Å²) in [4.78, 5) is 30.6. The lowest BCUT2D eigenvalue weighted by Crippen LogP contribution is -2.23. The molecule has 12 nitrogen and oxygen atoms in total. The van der Waals surface area contributed by atoms with E-state index in [0.717, 1.165) is 47.6 Å². The highest BCUT2D eigenvalue weighted by atomic mass is 35.5. The molecule has 2 amide bonds. The molecule has 0 bridgehead atoms. The number of anilines is 4. The zero-order chi connectivity index (χ0) is 54.9. The van der Waals surface area contributed by atoms with Gasteiger partial charge < -0.3 is 29.9 Å². The molecular weight excluding hydrogens is 1100 g/mol. The van der Waals surface area contributed by atoms with Crippen LogP contribution < -0.4 is 29.9 Å². The maximum Gasteiger partial charge on any atom is 0.416 e. The van der Waals surface area contributed by atoms with Gasteiger partial charge in [-0.1, -0.05) is 58.0 Å². The maximum absolute atomic E-state index is 13.7. The van der Waals surface area contributed by atoms with E-state index in [1.807, 2.05) is 36.9 Å². The minimum Gasteiger partial charge on any atom is -0.455 e. The molecule has 0 aliphatic carbocycles. The Morgan fingerprint density at radius 2 is 0.921 bits per heavy atom. The fraction of sp³-hybridized carbons (Fsp3) is 0.170. The van der Waals surface area contributed by atoms with Crippen LogP contribution in [0.3, 0.4) is 0 Å². The number of halogens is 11. The van der Waals surface area contributed by atoms with Gasteiger partial charge in [0, 0.05) is 54.0 Å². The summed E-state index contributed by atoms with van der Waals surface area (Å²) in [6.07, 6.45) is -9.39. The zero-order valence-corrected chi connectivity index (χ0v) is 43.8. The van der Waals surface area contributed by atoms with Gasteiger partial charge in [-0.05, 0) is 146 Å². The summed E-state index contributed by atoms with van der Waals surface area (Å²) >= 11 is 31.5. The van der Waals surface area contributed by atoms with Crippen molar-refractivity contribution in [1.82, 2.24) is 0 Å². The van der Waals surface area contributed by atoms with Crippen LogP contribution in [0.25, 0.3) is 0 Å². The first-order valence-corrected chi connectivity index (χ1v) is 24.4. The van der Waals surface area contributed by atoms with Crippen molar-refractivity contribution in [3.63, 3.8) is 0 Å². The molecule has 0 unspecified atom stereocenters. The lowest BCUT2D eigenvalue weighted by atomic mass is 10.1. The molecule has 394 valence electrons. The Bertz CT molecular complexity index is 3090. The van der Waals surface area contributed by atoms with Gasteiger partial charge in [0.2, 0.25) is 0 Å². The lowest BCUT2D eigenvalue weighted by Gasteiger charge is -2.25. The summed E-state index contributed by atoms with van der Waals surface area (Å²) < 4.78 is 93.6. The number of hydrogen-bond acceptors (Lipinski definition) is 10. The van der Waals surface area contributed by atoms with E-state index in [2.05, 4.69) is 31.1 Å². The number of amides is 2. The molecule has 0 saturated heterocycles. The number of alkyl halides is 6. The quantitative estimate of drug-likeness (QED) is 0.0650. The number of benzene rings is 7. The number of azo groups is 2. The van der Waals surface area contributed by atoms with Crippen LogP contribution in [0.5, 0.6) is 23.0 Å². The van der Waals surface area contributed by atoms with Crippen molar-refractivity contribution in [2.75, 3.05) is 60.7 Å². The van der Waals surface area contributed by atoms with Gasteiger partial charge in [-0.15, -0.1) is 0 Å². The molecular formula is C53H41Cl5F6N8O4. The highest BCUT2D eigenvalue weighted by Gasteiger charge is 2.33. The number of ether oxygens (including phenoxy) is 2. The third-order valence-electron chi connectivity index (χ3n) is 11.1. The van der Waals surface area contributed by atoms with E-state index in [1.54, 1.807) is 30.3 Å². The summed E-state index contributed by atoms with van der Waals surface area (Å²) in [7, 11) is 3.67. The van der Waals surface area contributed by atoms with Gasteiger partial charge in [-0.2, -0.15) is 46.8 Å². The van der Waals surface area contributed by atoms with Gasteiger partial charge in [0.05, 0.1) is 56.3 Å². The third-order valence-corrected chi connectivity index (χ3v) is 12.6. The van der Waals surface area contributed by atoms with Crippen molar-refractivity contribution >= 4 is 104 Å². The van der Waals surface area contributed by atoms with E-state index in [1.165, 1.54) is 60.7 Å². The smallest absolute Gasteiger partial charge is 0.416 e. The Balaban J connectivity index is 0.939. The molecule has 0 atom stereocenters. The summed E-state index contributed by atoms with van der Waals surface area (Å²) in [5.74, 6) is -1.04. The first-order chi connectivity index (χ1) is 36.0. The van der Waals surface area contributed by atoms with Crippen molar-refractivity contribution in [2.24, 2.45) is 20.5 Å². The molecule has 0 spiro atoms. The molecule has 0 fully saturated rings. The van der Waals surface area contributed by atoms with E-state index in [4.69, 9.17) is 67.5 Å². The van der Waals surface area contributed by atoms with Crippen molar-refractivity contribution in [2.45, 2.75) is 19.3 Å². The number of carbonyl (C=O) groups is 2. The standard InChI is InChI=1S/C53H41Cl5F6N8O4/c1-30-24-47(72(3)23-21-66-70-43-26-32(5-17-40(43)57)51(74)68-45-28-34(53(62,63)64)7-19-49(45)76-38-14-10-36(55)11-15-38)41(58)29-46(30)71(2)22-20-65-69-42-25-31(4-16-39(42)56)50(73)67-44-27-33(52(59,60)61)6-18-48(44)75-37-12-8-35(54)9-13-37/h4-19,24-29H,20-23H2,1-3H3,(H,67,73)(H,68,74). The summed E-state index contributed by atoms with van der Waals surface area (Å²) in [5.41, 5.74) is 0.307. The fourth-order valence-corrected chi connectivity index (χ4v) is 8.00. The second kappa shape index (κ2) is 24.7. The van der Waals surface area contributed by atoms with Gasteiger partial charge in [-0.25, -0.2) is 0 Å². The largest absolute Gasteiger partial charge is 0.455 e. The highest BCUT2D eigenvalue weighted by molar-refractivity contribution is 6.34. The second-order valence-electron chi connectivity index (χ2n) is 16.6. The first kappa shape index (κ1) is 56.6. The molecule has 0 aliphatic rings. The van der Waals surface area contributed by atoms with Crippen molar-refractivity contribution in [3.8, 4) is 23.0 Å². The van der Waals surface area contributed by atoms with Crippen LogP contribution in [0.15, 0.2) is 154 Å². The van der Waals surface area contributed by atoms with Crippen molar-refractivity contribution in [3.05, 3.63) is 186 Å². The molecule has 0 aromatic heterocycles. The first-order valence-electron chi connectivity index (χ1n) is 22.5. The minimum atomic E-state index is -4.69. The number of rotatable bonds is 18. The molecule has 0 radical (unpaired) electrons. The normalized spacial score (nSPS) is 11.8. The number of nitrogens with one attached hydrogen (secondary N) is 2. The number of likely N-dealkylation sites (N-methyl/N-ethyl adjacent to an activating group) is 2. The minimum absolute atomic E-state index is 0.0382. The molecule has 0 saturated carbocycles. The maximum atomic E-state index is 13.7. The Labute approximate surface area is 456 Å². The van der Waals surface area contributed by atoms with Crippen LogP contribution in [-0.4, -0.2) is 52.1 Å². The molecule has 7 rings (SSSR count). The molecule has 76 heavy (non-hydrogen) atoms. The molecule has 7 aromatic carbocycles. The third kappa shape index (κ3) is 15.1. The lowest BCUT2D eigenvalue weighted by molar-refractivity contribution is -0.138. The van der Waals surface area contributed by atoms with Crippen LogP contribution in [-0.2, 0) is 12.4 Å². The summed E-state index contributed by atoms with van der Waals surface area (Å²) in [6.45, 7) is 3.02. The number of nitrogens with zero attached hydrogens (tertiary/aromatic N) is 6. The van der Waals surface area contributed by atoms with E-state index >= 15 is 0 Å². The van der Waals surface area contributed by atoms with Gasteiger partial charge in [0.15, 0.2) is 11.5 Å². The number of carbonyl (C=O) groups excluding carboxylic acids is 2. The average Bonchev–Trinajstić information content (AvgIpc) is 3.37. The van der Waals surface area contributed by atoms with E-state index in [0.29, 0.717) is 33.8 Å². The summed E-state index contributed by atoms with van der Waals surface area (Å²) in [5, 5.41) is 23.6. The Morgan fingerprint density at radius 1 is 0.513 bits per heavy atom.